The molecule has 0 radical (unpaired) electrons. The average molecular weight is 426 g/mol. The minimum absolute atomic E-state index is 0.208. The smallest absolute Gasteiger partial charge is 0.230 e. The lowest BCUT2D eigenvalue weighted by Gasteiger charge is -2.10. The molecule has 2 N–H and O–H groups in total. The van der Waals surface area contributed by atoms with Gasteiger partial charge in [-0.2, -0.15) is 0 Å². The van der Waals surface area contributed by atoms with Gasteiger partial charge >= 0.3 is 0 Å². The van der Waals surface area contributed by atoms with Gasteiger partial charge in [-0.1, -0.05) is 54.6 Å². The van der Waals surface area contributed by atoms with E-state index in [1.807, 2.05) is 66.0 Å². The number of nitrogens with one attached hydrogen (secondary N) is 1. The van der Waals surface area contributed by atoms with Crippen molar-refractivity contribution in [1.29, 1.82) is 0 Å². The summed E-state index contributed by atoms with van der Waals surface area (Å²) in [4.78, 5) is 16.6. The van der Waals surface area contributed by atoms with Crippen LogP contribution in [0, 0.1) is 0 Å². The molecule has 2 heterocycles. The number of thiophene rings is 1. The molecule has 0 fully saturated rings. The summed E-state index contributed by atoms with van der Waals surface area (Å²) in [6, 6.07) is 21.7. The van der Waals surface area contributed by atoms with Crippen LogP contribution in [0.5, 0.6) is 5.75 Å². The molecular weight excluding hydrogens is 408 g/mol. The van der Waals surface area contributed by atoms with Crippen molar-refractivity contribution in [2.45, 2.75) is 6.92 Å². The second-order valence-corrected chi connectivity index (χ2v) is 8.05. The van der Waals surface area contributed by atoms with Crippen LogP contribution in [0.3, 0.4) is 0 Å². The summed E-state index contributed by atoms with van der Waals surface area (Å²) >= 11 is 1.59. The van der Waals surface area contributed by atoms with Crippen LogP contribution in [0.2, 0.25) is 0 Å². The highest BCUT2D eigenvalue weighted by Gasteiger charge is 2.16. The Morgan fingerprint density at radius 3 is 2.58 bits per heavy atom. The van der Waals surface area contributed by atoms with Crippen molar-refractivity contribution >= 4 is 33.9 Å². The number of aromatic hydroxyl groups is 1. The van der Waals surface area contributed by atoms with Crippen molar-refractivity contribution in [1.82, 2.24) is 4.98 Å². The Labute approximate surface area is 182 Å². The van der Waals surface area contributed by atoms with Crippen LogP contribution >= 0.6 is 11.3 Å². The molecule has 0 aliphatic rings. The van der Waals surface area contributed by atoms with Gasteiger partial charge < -0.3 is 9.52 Å². The van der Waals surface area contributed by atoms with Crippen molar-refractivity contribution in [3.05, 3.63) is 78.3 Å². The molecule has 152 valence electrons. The lowest BCUT2D eigenvalue weighted by Crippen LogP contribution is -2.04. The van der Waals surface area contributed by atoms with Crippen LogP contribution in [-0.2, 0) is 4.79 Å². The highest BCUT2D eigenvalue weighted by molar-refractivity contribution is 7.14. The largest absolute Gasteiger partial charge is 0.507 e. The number of rotatable bonds is 4. The molecule has 6 heteroatoms. The number of phenolic OH excluding ortho intramolecular Hbond substituents is 1. The number of fused-ring (bicyclic) bond motifs is 1. The number of phenols is 1. The molecular formula is C25H18N2O3S. The Hall–Kier alpha value is -3.90. The standard InChI is InChI=1S/C25H18N2O3S/c1-15(28)27-22-14-26-25(30-22)20-12-13-31-24(20)18-8-6-17(7-9-18)23-19-5-3-2-4-16(19)10-11-21(23)29/h2-14,29H,1H3,(H,27,28). The van der Waals surface area contributed by atoms with Crippen molar-refractivity contribution < 1.29 is 14.3 Å². The number of nitrogens with zero attached hydrogens (tertiary/aromatic N) is 1. The third-order valence-corrected chi connectivity index (χ3v) is 6.01. The predicted octanol–water partition coefficient (Wildman–Crippen LogP) is 6.55. The number of carbonyl (C=O) groups excluding carboxylic acids is 1. The predicted molar refractivity (Wildman–Crippen MR) is 124 cm³/mol. The maximum Gasteiger partial charge on any atom is 0.230 e. The van der Waals surface area contributed by atoms with Crippen molar-refractivity contribution in [2.24, 2.45) is 0 Å². The Morgan fingerprint density at radius 1 is 1.00 bits per heavy atom. The molecule has 0 aliphatic carbocycles. The Bertz CT molecular complexity index is 1400. The summed E-state index contributed by atoms with van der Waals surface area (Å²) < 4.78 is 5.69. The third-order valence-electron chi connectivity index (χ3n) is 5.04. The van der Waals surface area contributed by atoms with Crippen LogP contribution in [0.25, 0.3) is 43.8 Å². The van der Waals surface area contributed by atoms with Crippen LogP contribution in [0.1, 0.15) is 6.92 Å². The zero-order chi connectivity index (χ0) is 21.4. The SMILES string of the molecule is CC(=O)Nc1cnc(-c2ccsc2-c2ccc(-c3c(O)ccc4ccccc34)cc2)o1. The van der Waals surface area contributed by atoms with E-state index < -0.39 is 0 Å². The van der Waals surface area contributed by atoms with Crippen LogP contribution in [0.15, 0.2) is 82.7 Å². The van der Waals surface area contributed by atoms with E-state index in [0.717, 1.165) is 37.9 Å². The molecule has 0 atom stereocenters. The molecule has 2 aromatic heterocycles. The molecule has 0 bridgehead atoms. The Morgan fingerprint density at radius 2 is 1.77 bits per heavy atom. The number of carbonyl (C=O) groups is 1. The molecule has 5 rings (SSSR count). The number of aromatic nitrogens is 1. The normalized spacial score (nSPS) is 11.0. The number of hydrogen-bond acceptors (Lipinski definition) is 5. The van der Waals surface area contributed by atoms with E-state index in [1.165, 1.54) is 13.1 Å². The van der Waals surface area contributed by atoms with Gasteiger partial charge in [0.25, 0.3) is 0 Å². The zero-order valence-corrected chi connectivity index (χ0v) is 17.4. The van der Waals surface area contributed by atoms with Crippen molar-refractivity contribution in [2.75, 3.05) is 5.32 Å². The molecule has 3 aromatic carbocycles. The van der Waals surface area contributed by atoms with E-state index in [-0.39, 0.29) is 11.7 Å². The molecule has 0 aliphatic heterocycles. The number of hydrogen-bond donors (Lipinski definition) is 2. The molecule has 0 spiro atoms. The Kier molecular flexibility index (Phi) is 4.76. The Balaban J connectivity index is 1.52. The maximum atomic E-state index is 11.2. The molecule has 1 amide bonds. The molecule has 0 saturated carbocycles. The van der Waals surface area contributed by atoms with E-state index in [1.54, 1.807) is 17.4 Å². The lowest BCUT2D eigenvalue weighted by molar-refractivity contribution is -0.114. The minimum atomic E-state index is -0.208. The number of benzene rings is 3. The van der Waals surface area contributed by atoms with Gasteiger partial charge in [-0.25, -0.2) is 4.98 Å². The topological polar surface area (TPSA) is 75.4 Å². The summed E-state index contributed by atoms with van der Waals surface area (Å²) in [6.07, 6.45) is 1.50. The fourth-order valence-electron chi connectivity index (χ4n) is 3.68. The first-order chi connectivity index (χ1) is 15.1. The summed E-state index contributed by atoms with van der Waals surface area (Å²) in [7, 11) is 0. The molecule has 5 nitrogen and oxygen atoms in total. The van der Waals surface area contributed by atoms with Crippen molar-refractivity contribution in [3.8, 4) is 38.8 Å². The van der Waals surface area contributed by atoms with Gasteiger partial charge in [-0.15, -0.1) is 11.3 Å². The fraction of sp³-hybridized carbons (Fsp3) is 0.0400. The molecule has 31 heavy (non-hydrogen) atoms. The van der Waals surface area contributed by atoms with E-state index in [9.17, 15) is 9.90 Å². The number of anilines is 1. The first-order valence-corrected chi connectivity index (χ1v) is 10.6. The summed E-state index contributed by atoms with van der Waals surface area (Å²) in [5, 5.41) is 17.2. The second kappa shape index (κ2) is 7.74. The third kappa shape index (κ3) is 3.58. The van der Waals surface area contributed by atoms with Gasteiger partial charge in [0.05, 0.1) is 11.8 Å². The van der Waals surface area contributed by atoms with Gasteiger partial charge in [-0.3, -0.25) is 10.1 Å². The van der Waals surface area contributed by atoms with E-state index in [2.05, 4.69) is 10.3 Å². The summed E-state index contributed by atoms with van der Waals surface area (Å²) in [5.41, 5.74) is 3.65. The van der Waals surface area contributed by atoms with Gasteiger partial charge in [0.15, 0.2) is 0 Å². The molecule has 5 aromatic rings. The first kappa shape index (κ1) is 19.1. The van der Waals surface area contributed by atoms with Gasteiger partial charge in [-0.05, 0) is 39.4 Å². The zero-order valence-electron chi connectivity index (χ0n) is 16.6. The maximum absolute atomic E-state index is 11.2. The van der Waals surface area contributed by atoms with Crippen LogP contribution < -0.4 is 5.32 Å². The number of oxazole rings is 1. The average Bonchev–Trinajstić information content (AvgIpc) is 3.43. The van der Waals surface area contributed by atoms with Crippen LogP contribution in [-0.4, -0.2) is 16.0 Å². The second-order valence-electron chi connectivity index (χ2n) is 7.13. The lowest BCUT2D eigenvalue weighted by atomic mass is 9.96. The quantitative estimate of drug-likeness (QED) is 0.341. The monoisotopic (exact) mass is 426 g/mol. The summed E-state index contributed by atoms with van der Waals surface area (Å²) in [5.74, 6) is 0.825. The molecule has 0 saturated heterocycles. The summed E-state index contributed by atoms with van der Waals surface area (Å²) in [6.45, 7) is 1.42. The number of amides is 1. The van der Waals surface area contributed by atoms with E-state index >= 15 is 0 Å². The van der Waals surface area contributed by atoms with Gasteiger partial charge in [0, 0.05) is 17.4 Å². The van der Waals surface area contributed by atoms with E-state index in [0.29, 0.717) is 11.8 Å². The minimum Gasteiger partial charge on any atom is -0.507 e. The van der Waals surface area contributed by atoms with Gasteiger partial charge in [0.1, 0.15) is 5.75 Å². The van der Waals surface area contributed by atoms with Crippen molar-refractivity contribution in [3.63, 3.8) is 0 Å². The van der Waals surface area contributed by atoms with Gasteiger partial charge in [0.2, 0.25) is 17.7 Å². The fourth-order valence-corrected chi connectivity index (χ4v) is 4.58. The highest BCUT2D eigenvalue weighted by atomic mass is 32.1. The highest BCUT2D eigenvalue weighted by Crippen LogP contribution is 2.40. The first-order valence-electron chi connectivity index (χ1n) is 9.73. The van der Waals surface area contributed by atoms with Crippen LogP contribution in [0.4, 0.5) is 5.88 Å². The van der Waals surface area contributed by atoms with E-state index in [4.69, 9.17) is 4.42 Å². The molecule has 0 unspecified atom stereocenters.